The van der Waals surface area contributed by atoms with Crippen LogP contribution in [0.3, 0.4) is 0 Å². The summed E-state index contributed by atoms with van der Waals surface area (Å²) < 4.78 is 21.6. The van der Waals surface area contributed by atoms with Gasteiger partial charge in [0.05, 0.1) is 25.4 Å². The van der Waals surface area contributed by atoms with Crippen LogP contribution in [-0.4, -0.2) is 159 Å². The van der Waals surface area contributed by atoms with Crippen LogP contribution in [0.15, 0.2) is 0 Å². The minimum absolute atomic E-state index is 0.0282. The number of hydrogen-bond acceptors (Lipinski definition) is 14. The van der Waals surface area contributed by atoms with Crippen LogP contribution < -0.4 is 16.4 Å². The van der Waals surface area contributed by atoms with Gasteiger partial charge >= 0.3 is 0 Å². The van der Waals surface area contributed by atoms with Crippen molar-refractivity contribution in [2.45, 2.75) is 126 Å². The van der Waals surface area contributed by atoms with Gasteiger partial charge in [0, 0.05) is 25.9 Å². The zero-order valence-electron chi connectivity index (χ0n) is 26.0. The lowest BCUT2D eigenvalue weighted by Gasteiger charge is -2.39. The largest absolute Gasteiger partial charge is 0.388 e. The Kier molecular flexibility index (Phi) is 14.5. The second-order valence-electron chi connectivity index (χ2n) is 11.8. The number of nitrogens with one attached hydrogen (secondary N) is 2. The first-order valence-corrected chi connectivity index (χ1v) is 15.5. The molecule has 0 spiro atoms. The van der Waals surface area contributed by atoms with Gasteiger partial charge in [-0.25, -0.2) is 0 Å². The summed E-state index contributed by atoms with van der Waals surface area (Å²) in [6.45, 7) is 2.64. The highest BCUT2D eigenvalue weighted by Crippen LogP contribution is 2.27. The molecule has 0 radical (unpaired) electrons. The van der Waals surface area contributed by atoms with Gasteiger partial charge in [0.2, 0.25) is 23.6 Å². The molecule has 3 heterocycles. The minimum Gasteiger partial charge on any atom is -0.388 e. The average molecular weight is 665 g/mol. The molecule has 264 valence electrons. The third-order valence-corrected chi connectivity index (χ3v) is 8.33. The van der Waals surface area contributed by atoms with Gasteiger partial charge in [-0.05, 0) is 39.5 Å². The molecule has 0 aromatic rings. The van der Waals surface area contributed by atoms with Crippen molar-refractivity contribution in [3.63, 3.8) is 0 Å². The molecule has 0 aromatic carbocycles. The van der Waals surface area contributed by atoms with Gasteiger partial charge in [0.25, 0.3) is 0 Å². The number of carbonyl (C=O) groups is 4. The van der Waals surface area contributed by atoms with E-state index < -0.39 is 97.1 Å². The summed E-state index contributed by atoms with van der Waals surface area (Å²) >= 11 is 0. The summed E-state index contributed by atoms with van der Waals surface area (Å²) in [6.07, 6.45) is -11.5. The smallest absolute Gasteiger partial charge is 0.242 e. The van der Waals surface area contributed by atoms with Gasteiger partial charge in [-0.15, -0.1) is 0 Å². The van der Waals surface area contributed by atoms with E-state index in [4.69, 9.17) is 24.7 Å². The van der Waals surface area contributed by atoms with E-state index in [-0.39, 0.29) is 52.0 Å². The summed E-state index contributed by atoms with van der Waals surface area (Å²) in [5.74, 6) is -2.06. The fourth-order valence-corrected chi connectivity index (χ4v) is 5.61. The predicted octanol–water partition coefficient (Wildman–Crippen LogP) is -4.69. The fourth-order valence-electron chi connectivity index (χ4n) is 5.61. The van der Waals surface area contributed by atoms with Gasteiger partial charge in [-0.2, -0.15) is 0 Å². The molecule has 0 saturated carbocycles. The lowest BCUT2D eigenvalue weighted by atomic mass is 10.0. The van der Waals surface area contributed by atoms with Crippen LogP contribution in [0.5, 0.6) is 0 Å². The summed E-state index contributed by atoms with van der Waals surface area (Å²) in [5.41, 5.74) is 5.17. The Morgan fingerprint density at radius 1 is 0.696 bits per heavy atom. The monoisotopic (exact) mass is 664 g/mol. The van der Waals surface area contributed by atoms with Crippen molar-refractivity contribution in [2.75, 3.05) is 26.3 Å². The zero-order valence-corrected chi connectivity index (χ0v) is 26.0. The standard InChI is InChI=1S/C28H48N4O14/c1-13-19(35)21(37)23(39)27(45-13)43-11-9-30-25(41)15-7-8-16(32(15)18(34)6-4-3-5-17(29)33)26(42)31-10-12-44-28-24(40)22(38)20(36)14(2)46-28/h13-16,19-24,27-28,35-40H,3-12H2,1-2H3,(H2,29,33)(H,30,41)(H,31,42)/t13-,14-,15?,16?,19+,20+,21+,22+,23-,24-,27+,28+/m0/s1. The molecule has 3 saturated heterocycles. The van der Waals surface area contributed by atoms with E-state index in [2.05, 4.69) is 10.6 Å². The first kappa shape index (κ1) is 37.9. The number of nitrogens with zero attached hydrogens (tertiary/aromatic N) is 1. The van der Waals surface area contributed by atoms with E-state index in [1.165, 1.54) is 18.7 Å². The van der Waals surface area contributed by atoms with Crippen LogP contribution in [0.25, 0.3) is 0 Å². The number of ether oxygens (including phenoxy) is 4. The minimum atomic E-state index is -1.51. The molecular formula is C28H48N4O14. The molecular weight excluding hydrogens is 616 g/mol. The third-order valence-electron chi connectivity index (χ3n) is 8.33. The van der Waals surface area contributed by atoms with Gasteiger partial charge in [0.1, 0.15) is 48.7 Å². The number of nitrogens with two attached hydrogens (primary N) is 1. The van der Waals surface area contributed by atoms with Crippen LogP contribution in [0, 0.1) is 0 Å². The van der Waals surface area contributed by atoms with Crippen molar-refractivity contribution in [1.82, 2.24) is 15.5 Å². The average Bonchev–Trinajstić information content (AvgIpc) is 3.47. The Morgan fingerprint density at radius 3 is 1.52 bits per heavy atom. The molecule has 0 bridgehead atoms. The van der Waals surface area contributed by atoms with Gasteiger partial charge < -0.3 is 70.9 Å². The van der Waals surface area contributed by atoms with Crippen molar-refractivity contribution in [1.29, 1.82) is 0 Å². The molecule has 3 aliphatic heterocycles. The van der Waals surface area contributed by atoms with E-state index in [1.807, 2.05) is 0 Å². The Morgan fingerprint density at radius 2 is 1.11 bits per heavy atom. The van der Waals surface area contributed by atoms with Gasteiger partial charge in [0.15, 0.2) is 12.6 Å². The number of primary amides is 1. The number of hydrogen-bond donors (Lipinski definition) is 9. The van der Waals surface area contributed by atoms with Crippen LogP contribution in [0.1, 0.15) is 52.4 Å². The maximum absolute atomic E-state index is 13.3. The van der Waals surface area contributed by atoms with E-state index in [0.717, 1.165) is 0 Å². The molecule has 12 atom stereocenters. The number of aliphatic hydroxyl groups is 6. The first-order chi connectivity index (χ1) is 21.7. The lowest BCUT2D eigenvalue weighted by Crippen LogP contribution is -2.57. The van der Waals surface area contributed by atoms with Crippen molar-refractivity contribution < 1.29 is 68.8 Å². The zero-order chi connectivity index (χ0) is 34.1. The molecule has 3 rings (SSSR count). The summed E-state index contributed by atoms with van der Waals surface area (Å²) in [4.78, 5) is 51.9. The summed E-state index contributed by atoms with van der Waals surface area (Å²) in [6, 6.07) is -1.96. The first-order valence-electron chi connectivity index (χ1n) is 15.5. The Labute approximate surface area is 266 Å². The number of amides is 4. The quantitative estimate of drug-likeness (QED) is 0.0745. The summed E-state index contributed by atoms with van der Waals surface area (Å²) in [7, 11) is 0. The topological polar surface area (TPSA) is 280 Å². The molecule has 18 nitrogen and oxygen atoms in total. The van der Waals surface area contributed by atoms with Gasteiger partial charge in [-0.1, -0.05) is 0 Å². The molecule has 10 N–H and O–H groups in total. The Hall–Kier alpha value is -2.52. The van der Waals surface area contributed by atoms with Crippen LogP contribution in [-0.2, 0) is 38.1 Å². The maximum atomic E-state index is 13.3. The van der Waals surface area contributed by atoms with Crippen molar-refractivity contribution in [3.8, 4) is 0 Å². The number of carbonyl (C=O) groups excluding carboxylic acids is 4. The van der Waals surface area contributed by atoms with Crippen molar-refractivity contribution in [3.05, 3.63) is 0 Å². The molecule has 2 unspecified atom stereocenters. The highest BCUT2D eigenvalue weighted by atomic mass is 16.7. The molecule has 4 amide bonds. The number of aliphatic hydroxyl groups excluding tert-OH is 6. The highest BCUT2D eigenvalue weighted by molar-refractivity contribution is 5.94. The lowest BCUT2D eigenvalue weighted by molar-refractivity contribution is -0.292. The van der Waals surface area contributed by atoms with Crippen LogP contribution in [0.4, 0.5) is 0 Å². The number of unbranched alkanes of at least 4 members (excludes halogenated alkanes) is 1. The SMILES string of the molecule is C[C@@H]1O[C@@H](OCCNC(=O)C2CCC(C(=O)NCCO[C@@H]3O[C@@H](C)[C@@H](O)[C@@H](O)[C@@H]3O)N2C(=O)CCCCC(N)=O)[C@@H](O)[C@H](O)[C@@H]1O. The van der Waals surface area contributed by atoms with Crippen molar-refractivity contribution in [2.24, 2.45) is 5.73 Å². The molecule has 0 aliphatic carbocycles. The molecule has 0 aromatic heterocycles. The second kappa shape index (κ2) is 17.6. The third kappa shape index (κ3) is 9.75. The van der Waals surface area contributed by atoms with Gasteiger partial charge in [-0.3, -0.25) is 19.2 Å². The normalized spacial score (nSPS) is 36.3. The second-order valence-corrected chi connectivity index (χ2v) is 11.8. The molecule has 18 heteroatoms. The fraction of sp³-hybridized carbons (Fsp3) is 0.857. The van der Waals surface area contributed by atoms with E-state index in [1.54, 1.807) is 0 Å². The van der Waals surface area contributed by atoms with Crippen LogP contribution in [0.2, 0.25) is 0 Å². The van der Waals surface area contributed by atoms with E-state index >= 15 is 0 Å². The molecule has 3 aliphatic rings. The van der Waals surface area contributed by atoms with Crippen molar-refractivity contribution >= 4 is 23.6 Å². The molecule has 3 fully saturated rings. The Bertz CT molecular complexity index is 976. The number of rotatable bonds is 15. The highest BCUT2D eigenvalue weighted by Gasteiger charge is 2.45. The summed E-state index contributed by atoms with van der Waals surface area (Å²) in [5, 5.41) is 64.9. The Balaban J connectivity index is 1.53. The number of likely N-dealkylation sites (tertiary alicyclic amines) is 1. The molecule has 46 heavy (non-hydrogen) atoms. The van der Waals surface area contributed by atoms with Crippen LogP contribution >= 0.6 is 0 Å². The maximum Gasteiger partial charge on any atom is 0.242 e. The van der Waals surface area contributed by atoms with E-state index in [9.17, 15) is 49.8 Å². The predicted molar refractivity (Wildman–Crippen MR) is 154 cm³/mol. The van der Waals surface area contributed by atoms with E-state index in [0.29, 0.717) is 12.8 Å².